The molecule has 2 amide bonds. The minimum Gasteiger partial charge on any atom is -0.347 e. The molecule has 192 valence electrons. The Morgan fingerprint density at radius 1 is 1.14 bits per heavy atom. The first-order valence-corrected chi connectivity index (χ1v) is 13.4. The van der Waals surface area contributed by atoms with Crippen molar-refractivity contribution in [2.75, 3.05) is 6.26 Å². The number of piperidine rings is 1. The van der Waals surface area contributed by atoms with Crippen LogP contribution in [0, 0.1) is 17.7 Å². The average Bonchev–Trinajstić information content (AvgIpc) is 3.74. The summed E-state index contributed by atoms with van der Waals surface area (Å²) in [6.45, 7) is 0. The van der Waals surface area contributed by atoms with Gasteiger partial charge in [-0.3, -0.25) is 9.59 Å². The number of hydrogen-bond acceptors (Lipinski definition) is 5. The molecule has 1 N–H and O–H groups in total. The van der Waals surface area contributed by atoms with Crippen molar-refractivity contribution in [3.8, 4) is 0 Å². The van der Waals surface area contributed by atoms with E-state index < -0.39 is 51.3 Å². The number of amides is 2. The number of rotatable bonds is 6. The summed E-state index contributed by atoms with van der Waals surface area (Å²) in [5, 5.41) is 2.53. The lowest BCUT2D eigenvalue weighted by Crippen LogP contribution is -2.49. The molecule has 0 spiro atoms. The molecule has 12 heteroatoms. The lowest BCUT2D eigenvalue weighted by Gasteiger charge is -2.29. The highest BCUT2D eigenvalue weighted by Gasteiger charge is 2.56. The van der Waals surface area contributed by atoms with E-state index in [0.29, 0.717) is 25.3 Å². The largest absolute Gasteiger partial charge is 0.416 e. The fourth-order valence-corrected chi connectivity index (χ4v) is 5.55. The minimum atomic E-state index is -4.69. The van der Waals surface area contributed by atoms with Gasteiger partial charge in [0.15, 0.2) is 14.9 Å². The molecule has 1 saturated heterocycles. The first kappa shape index (κ1) is 24.7. The molecule has 7 nitrogen and oxygen atoms in total. The third-order valence-electron chi connectivity index (χ3n) is 7.06. The summed E-state index contributed by atoms with van der Waals surface area (Å²) in [7, 11) is -3.65. The Morgan fingerprint density at radius 2 is 1.86 bits per heavy atom. The minimum absolute atomic E-state index is 0.0215. The summed E-state index contributed by atoms with van der Waals surface area (Å²) in [5.41, 5.74) is -1.04. The SMILES string of the molecule is CS(=O)(=O)c1cc(C(=O)N2[C@@H](C(=O)NC(c3ccc(C(F)(F)F)cc3F)C3CC3)C[C@H]3C[C@H]32)ccn1. The maximum Gasteiger partial charge on any atom is 0.416 e. The molecule has 1 aromatic carbocycles. The van der Waals surface area contributed by atoms with Crippen molar-refractivity contribution in [1.82, 2.24) is 15.2 Å². The van der Waals surface area contributed by atoms with E-state index in [1.807, 2.05) is 0 Å². The monoisotopic (exact) mass is 525 g/mol. The van der Waals surface area contributed by atoms with Gasteiger partial charge >= 0.3 is 6.18 Å². The first-order valence-electron chi connectivity index (χ1n) is 11.5. The van der Waals surface area contributed by atoms with Crippen molar-refractivity contribution in [1.29, 1.82) is 0 Å². The molecule has 2 heterocycles. The number of fused-ring (bicyclic) bond motifs is 1. The number of nitrogens with zero attached hydrogens (tertiary/aromatic N) is 2. The summed E-state index contributed by atoms with van der Waals surface area (Å²) < 4.78 is 77.3. The van der Waals surface area contributed by atoms with Crippen molar-refractivity contribution in [2.45, 2.75) is 55.0 Å². The Balaban J connectivity index is 1.38. The number of hydrogen-bond donors (Lipinski definition) is 1. The second-order valence-electron chi connectivity index (χ2n) is 9.74. The molecule has 3 aliphatic rings. The van der Waals surface area contributed by atoms with Crippen molar-refractivity contribution < 1.29 is 35.6 Å². The highest BCUT2D eigenvalue weighted by Crippen LogP contribution is 2.49. The normalized spacial score (nSPS) is 24.2. The van der Waals surface area contributed by atoms with Gasteiger partial charge in [-0.1, -0.05) is 6.07 Å². The van der Waals surface area contributed by atoms with Crippen LogP contribution in [-0.4, -0.2) is 48.5 Å². The molecule has 3 fully saturated rings. The maximum absolute atomic E-state index is 14.7. The second-order valence-corrected chi connectivity index (χ2v) is 11.7. The molecular formula is C24H23F4N3O4S. The van der Waals surface area contributed by atoms with Crippen LogP contribution in [0.4, 0.5) is 17.6 Å². The number of nitrogens with one attached hydrogen (secondary N) is 1. The molecule has 2 saturated carbocycles. The highest BCUT2D eigenvalue weighted by molar-refractivity contribution is 7.90. The Hall–Kier alpha value is -3.02. The smallest absolute Gasteiger partial charge is 0.347 e. The predicted octanol–water partition coefficient (Wildman–Crippen LogP) is 3.51. The van der Waals surface area contributed by atoms with E-state index in [2.05, 4.69) is 10.3 Å². The van der Waals surface area contributed by atoms with Gasteiger partial charge in [0.05, 0.1) is 11.6 Å². The lowest BCUT2D eigenvalue weighted by atomic mass is 9.99. The highest BCUT2D eigenvalue weighted by atomic mass is 32.2. The third-order valence-corrected chi connectivity index (χ3v) is 8.04. The summed E-state index contributed by atoms with van der Waals surface area (Å²) in [4.78, 5) is 31.9. The topological polar surface area (TPSA) is 96.4 Å². The number of carbonyl (C=O) groups is 2. The predicted molar refractivity (Wildman–Crippen MR) is 119 cm³/mol. The summed E-state index contributed by atoms with van der Waals surface area (Å²) in [5.74, 6) is -2.05. The number of sulfone groups is 1. The van der Waals surface area contributed by atoms with E-state index in [-0.39, 0.29) is 34.0 Å². The fourth-order valence-electron chi connectivity index (χ4n) is 4.96. The molecule has 0 radical (unpaired) electrons. The number of pyridine rings is 1. The van der Waals surface area contributed by atoms with Crippen LogP contribution in [-0.2, 0) is 20.8 Å². The van der Waals surface area contributed by atoms with E-state index in [1.165, 1.54) is 23.2 Å². The van der Waals surface area contributed by atoms with Gasteiger partial charge in [0, 0.05) is 29.6 Å². The van der Waals surface area contributed by atoms with E-state index in [0.717, 1.165) is 24.8 Å². The average molecular weight is 526 g/mol. The van der Waals surface area contributed by atoms with Gasteiger partial charge in [-0.05, 0) is 61.8 Å². The molecule has 0 bridgehead atoms. The Morgan fingerprint density at radius 3 is 2.47 bits per heavy atom. The van der Waals surface area contributed by atoms with Crippen LogP contribution in [0.1, 0.15) is 53.2 Å². The lowest BCUT2D eigenvalue weighted by molar-refractivity contribution is -0.137. The standard InChI is InChI=1S/C24H23F4N3O4S/c1-36(34,35)20-10-13(6-7-29-20)23(33)31-18-8-14(18)9-19(31)22(32)30-21(12-2-3-12)16-5-4-15(11-17(16)25)24(26,27)28/h4-7,10-12,14,18-19,21H,2-3,8-9H2,1H3,(H,30,32)/t14-,18-,19-,21?/m1/s1. The summed E-state index contributed by atoms with van der Waals surface area (Å²) in [6, 6.07) is 3.01. The maximum atomic E-state index is 14.7. The van der Waals surface area contributed by atoms with Crippen LogP contribution in [0.2, 0.25) is 0 Å². The molecule has 1 aliphatic heterocycles. The van der Waals surface area contributed by atoms with Crippen LogP contribution in [0.15, 0.2) is 41.6 Å². The van der Waals surface area contributed by atoms with Gasteiger partial charge in [-0.25, -0.2) is 17.8 Å². The number of likely N-dealkylation sites (tertiary alicyclic amines) is 1. The fraction of sp³-hybridized carbons (Fsp3) is 0.458. The Bertz CT molecular complexity index is 1340. The molecular weight excluding hydrogens is 502 g/mol. The number of alkyl halides is 3. The van der Waals surface area contributed by atoms with Crippen LogP contribution >= 0.6 is 0 Å². The van der Waals surface area contributed by atoms with Gasteiger partial charge < -0.3 is 10.2 Å². The Labute approximate surface area is 204 Å². The van der Waals surface area contributed by atoms with Crippen molar-refractivity contribution in [2.24, 2.45) is 11.8 Å². The van der Waals surface area contributed by atoms with E-state index in [9.17, 15) is 35.6 Å². The zero-order valence-electron chi connectivity index (χ0n) is 19.1. The van der Waals surface area contributed by atoms with E-state index >= 15 is 0 Å². The zero-order chi connectivity index (χ0) is 26.0. The molecule has 5 rings (SSSR count). The zero-order valence-corrected chi connectivity index (χ0v) is 19.9. The van der Waals surface area contributed by atoms with Crippen molar-refractivity contribution >= 4 is 21.7 Å². The molecule has 4 atom stereocenters. The second kappa shape index (κ2) is 8.53. The molecule has 1 aromatic heterocycles. The molecule has 1 unspecified atom stereocenters. The van der Waals surface area contributed by atoms with Gasteiger partial charge in [-0.15, -0.1) is 0 Å². The number of halogens is 4. The van der Waals surface area contributed by atoms with Gasteiger partial charge in [-0.2, -0.15) is 13.2 Å². The van der Waals surface area contributed by atoms with Crippen LogP contribution in [0.3, 0.4) is 0 Å². The van der Waals surface area contributed by atoms with Crippen LogP contribution in [0.5, 0.6) is 0 Å². The van der Waals surface area contributed by atoms with Gasteiger partial charge in [0.1, 0.15) is 11.9 Å². The Kier molecular flexibility index (Phi) is 5.85. The number of aromatic nitrogens is 1. The quantitative estimate of drug-likeness (QED) is 0.583. The number of benzene rings is 1. The first-order chi connectivity index (χ1) is 16.8. The van der Waals surface area contributed by atoms with Gasteiger partial charge in [0.25, 0.3) is 5.91 Å². The molecule has 36 heavy (non-hydrogen) atoms. The number of carbonyl (C=O) groups excluding carboxylic acids is 2. The van der Waals surface area contributed by atoms with Gasteiger partial charge in [0.2, 0.25) is 5.91 Å². The van der Waals surface area contributed by atoms with Crippen LogP contribution in [0.25, 0.3) is 0 Å². The summed E-state index contributed by atoms with van der Waals surface area (Å²) >= 11 is 0. The van der Waals surface area contributed by atoms with E-state index in [1.54, 1.807) is 0 Å². The third kappa shape index (κ3) is 4.70. The van der Waals surface area contributed by atoms with Crippen molar-refractivity contribution in [3.63, 3.8) is 0 Å². The molecule has 2 aliphatic carbocycles. The van der Waals surface area contributed by atoms with Crippen LogP contribution < -0.4 is 5.32 Å². The van der Waals surface area contributed by atoms with E-state index in [4.69, 9.17) is 0 Å². The molecule has 2 aromatic rings. The van der Waals surface area contributed by atoms with Crippen molar-refractivity contribution in [3.05, 3.63) is 59.0 Å². The summed E-state index contributed by atoms with van der Waals surface area (Å²) in [6.07, 6.45) is 0.0107.